The van der Waals surface area contributed by atoms with Crippen molar-refractivity contribution in [1.29, 1.82) is 0 Å². The molecule has 2 rings (SSSR count). The predicted octanol–water partition coefficient (Wildman–Crippen LogP) is 1.99. The topological polar surface area (TPSA) is 146 Å². The van der Waals surface area contributed by atoms with Crippen LogP contribution in [0.15, 0.2) is 29.4 Å². The Balaban J connectivity index is 2.06. The first-order valence-corrected chi connectivity index (χ1v) is 9.63. The maximum atomic E-state index is 12.2. The van der Waals surface area contributed by atoms with Crippen molar-refractivity contribution in [2.75, 3.05) is 11.1 Å². The van der Waals surface area contributed by atoms with Gasteiger partial charge in [-0.15, -0.1) is 10.2 Å². The molecular weight excluding hydrogens is 384 g/mol. The number of aromatic nitrogens is 3. The average Bonchev–Trinajstić information content (AvgIpc) is 2.99. The lowest BCUT2D eigenvalue weighted by Crippen LogP contribution is -2.17. The molecule has 0 bridgehead atoms. The largest absolute Gasteiger partial charge is 0.370 e. The molecule has 10 nitrogen and oxygen atoms in total. The molecule has 0 unspecified atom stereocenters. The number of rotatable bonds is 10. The zero-order chi connectivity index (χ0) is 20.7. The van der Waals surface area contributed by atoms with Gasteiger partial charge in [-0.3, -0.25) is 19.7 Å². The number of para-hydroxylation sites is 2. The number of nitro benzene ring substituents is 1. The van der Waals surface area contributed by atoms with Crippen LogP contribution in [0.2, 0.25) is 0 Å². The van der Waals surface area contributed by atoms with E-state index >= 15 is 0 Å². The van der Waals surface area contributed by atoms with E-state index in [0.717, 1.165) is 0 Å². The molecule has 0 spiro atoms. The summed E-state index contributed by atoms with van der Waals surface area (Å²) in [7, 11) is 0. The highest BCUT2D eigenvalue weighted by molar-refractivity contribution is 7.99. The van der Waals surface area contributed by atoms with Crippen molar-refractivity contribution in [2.24, 2.45) is 11.7 Å². The Hall–Kier alpha value is -2.95. The Labute approximate surface area is 166 Å². The minimum absolute atomic E-state index is 0.0120. The second-order valence-electron chi connectivity index (χ2n) is 6.48. The molecule has 0 aliphatic carbocycles. The van der Waals surface area contributed by atoms with Crippen LogP contribution in [0, 0.1) is 16.0 Å². The van der Waals surface area contributed by atoms with E-state index in [-0.39, 0.29) is 23.5 Å². The quantitative estimate of drug-likeness (QED) is 0.348. The van der Waals surface area contributed by atoms with Crippen molar-refractivity contribution in [3.63, 3.8) is 0 Å². The minimum Gasteiger partial charge on any atom is -0.370 e. The number of anilines is 1. The van der Waals surface area contributed by atoms with Crippen LogP contribution in [-0.2, 0) is 22.6 Å². The lowest BCUT2D eigenvalue weighted by Gasteiger charge is -2.12. The fourth-order valence-corrected chi connectivity index (χ4v) is 3.22. The first-order valence-electron chi connectivity index (χ1n) is 8.64. The number of amides is 2. The molecule has 0 fully saturated rings. The Bertz CT molecular complexity index is 867. The zero-order valence-corrected chi connectivity index (χ0v) is 16.4. The van der Waals surface area contributed by atoms with Gasteiger partial charge in [-0.1, -0.05) is 37.7 Å². The van der Waals surface area contributed by atoms with Gasteiger partial charge in [0.25, 0.3) is 5.69 Å². The van der Waals surface area contributed by atoms with E-state index in [1.165, 1.54) is 30.0 Å². The number of aryl methyl sites for hydroxylation is 1. The number of nitrogens with zero attached hydrogens (tertiary/aromatic N) is 4. The number of benzene rings is 1. The molecule has 1 aromatic carbocycles. The van der Waals surface area contributed by atoms with Crippen molar-refractivity contribution in [2.45, 2.75) is 38.4 Å². The van der Waals surface area contributed by atoms with Gasteiger partial charge in [-0.2, -0.15) is 0 Å². The van der Waals surface area contributed by atoms with E-state index in [1.807, 2.05) is 18.4 Å². The first kappa shape index (κ1) is 21.4. The third kappa shape index (κ3) is 6.05. The predicted molar refractivity (Wildman–Crippen MR) is 105 cm³/mol. The van der Waals surface area contributed by atoms with Crippen LogP contribution in [-0.4, -0.2) is 37.3 Å². The van der Waals surface area contributed by atoms with Crippen LogP contribution in [0.1, 0.15) is 26.1 Å². The summed E-state index contributed by atoms with van der Waals surface area (Å²) in [6.45, 7) is 4.70. The highest BCUT2D eigenvalue weighted by Gasteiger charge is 2.18. The van der Waals surface area contributed by atoms with Crippen molar-refractivity contribution in [3.8, 4) is 0 Å². The van der Waals surface area contributed by atoms with Crippen LogP contribution in [0.3, 0.4) is 0 Å². The Morgan fingerprint density at radius 1 is 1.32 bits per heavy atom. The maximum Gasteiger partial charge on any atom is 0.292 e. The molecule has 0 saturated carbocycles. The summed E-state index contributed by atoms with van der Waals surface area (Å²) < 4.78 is 1.87. The van der Waals surface area contributed by atoms with Gasteiger partial charge in [0.05, 0.1) is 10.7 Å². The summed E-state index contributed by atoms with van der Waals surface area (Å²) in [5.41, 5.74) is 5.17. The summed E-state index contributed by atoms with van der Waals surface area (Å²) in [5.74, 6) is 0.143. The second-order valence-corrected chi connectivity index (χ2v) is 7.42. The summed E-state index contributed by atoms with van der Waals surface area (Å²) in [4.78, 5) is 33.8. The van der Waals surface area contributed by atoms with Gasteiger partial charge >= 0.3 is 0 Å². The number of hydrogen-bond acceptors (Lipinski definition) is 7. The molecule has 150 valence electrons. The first-order chi connectivity index (χ1) is 13.3. The minimum atomic E-state index is -0.549. The van der Waals surface area contributed by atoms with E-state index in [0.29, 0.717) is 29.9 Å². The zero-order valence-electron chi connectivity index (χ0n) is 15.6. The Morgan fingerprint density at radius 2 is 2.04 bits per heavy atom. The average molecular weight is 406 g/mol. The molecule has 2 aromatic rings. The summed E-state index contributed by atoms with van der Waals surface area (Å²) >= 11 is 1.18. The van der Waals surface area contributed by atoms with E-state index in [2.05, 4.69) is 15.5 Å². The molecule has 0 aliphatic rings. The van der Waals surface area contributed by atoms with Crippen LogP contribution in [0.25, 0.3) is 0 Å². The number of nitro groups is 1. The fourth-order valence-electron chi connectivity index (χ4n) is 2.45. The number of hydrogen-bond donors (Lipinski definition) is 2. The van der Waals surface area contributed by atoms with E-state index in [4.69, 9.17) is 5.73 Å². The van der Waals surface area contributed by atoms with E-state index in [1.54, 1.807) is 6.07 Å². The summed E-state index contributed by atoms with van der Waals surface area (Å²) in [5, 5.41) is 22.3. The van der Waals surface area contributed by atoms with Gasteiger partial charge in [0.15, 0.2) is 5.16 Å². The van der Waals surface area contributed by atoms with Gasteiger partial charge in [-0.05, 0) is 12.0 Å². The van der Waals surface area contributed by atoms with Gasteiger partial charge in [0.1, 0.15) is 11.5 Å². The third-order valence-corrected chi connectivity index (χ3v) is 4.61. The second kappa shape index (κ2) is 9.83. The lowest BCUT2D eigenvalue weighted by atomic mass is 10.2. The third-order valence-electron chi connectivity index (χ3n) is 3.64. The molecular formula is C17H22N6O4S. The maximum absolute atomic E-state index is 12.2. The highest BCUT2D eigenvalue weighted by Crippen LogP contribution is 2.24. The smallest absolute Gasteiger partial charge is 0.292 e. The molecule has 0 saturated heterocycles. The van der Waals surface area contributed by atoms with Crippen LogP contribution >= 0.6 is 11.8 Å². The summed E-state index contributed by atoms with van der Waals surface area (Å²) in [6, 6.07) is 5.95. The van der Waals surface area contributed by atoms with Crippen LogP contribution < -0.4 is 11.1 Å². The molecule has 11 heteroatoms. The molecule has 3 N–H and O–H groups in total. The highest BCUT2D eigenvalue weighted by atomic mass is 32.2. The summed E-state index contributed by atoms with van der Waals surface area (Å²) in [6.07, 6.45) is 0.539. The molecule has 1 aromatic heterocycles. The van der Waals surface area contributed by atoms with E-state index in [9.17, 15) is 19.7 Å². The van der Waals surface area contributed by atoms with Crippen LogP contribution in [0.4, 0.5) is 11.4 Å². The number of nitrogens with one attached hydrogen (secondary N) is 1. The van der Waals surface area contributed by atoms with Gasteiger partial charge < -0.3 is 15.6 Å². The van der Waals surface area contributed by atoms with Crippen molar-refractivity contribution < 1.29 is 14.5 Å². The number of carbonyl (C=O) groups excluding carboxylic acids is 2. The van der Waals surface area contributed by atoms with Gasteiger partial charge in [0.2, 0.25) is 11.8 Å². The standard InChI is InChI=1S/C17H22N6O4S/c1-11(2)9-22-15(8-7-14(18)24)20-21-17(22)28-10-16(25)19-12-5-3-4-6-13(12)23(26)27/h3-6,11H,7-10H2,1-2H3,(H2,18,24)(H,19,25). The monoisotopic (exact) mass is 406 g/mol. The normalized spacial score (nSPS) is 10.8. The number of primary amides is 1. The van der Waals surface area contributed by atoms with Crippen molar-refractivity contribution in [1.82, 2.24) is 14.8 Å². The molecule has 2 amide bonds. The SMILES string of the molecule is CC(C)Cn1c(CCC(N)=O)nnc1SCC(=O)Nc1ccccc1[N+](=O)[O-]. The lowest BCUT2D eigenvalue weighted by molar-refractivity contribution is -0.383. The number of thioether (sulfide) groups is 1. The number of carbonyl (C=O) groups is 2. The Kier molecular flexibility index (Phi) is 7.50. The molecule has 28 heavy (non-hydrogen) atoms. The number of nitrogens with two attached hydrogens (primary N) is 1. The Morgan fingerprint density at radius 3 is 2.68 bits per heavy atom. The van der Waals surface area contributed by atoms with E-state index < -0.39 is 16.7 Å². The molecule has 0 atom stereocenters. The van der Waals surface area contributed by atoms with Gasteiger partial charge in [-0.25, -0.2) is 0 Å². The van der Waals surface area contributed by atoms with Crippen LogP contribution in [0.5, 0.6) is 0 Å². The molecule has 1 heterocycles. The molecule has 0 aliphatic heterocycles. The fraction of sp³-hybridized carbons (Fsp3) is 0.412. The van der Waals surface area contributed by atoms with Crippen molar-refractivity contribution >= 4 is 35.0 Å². The van der Waals surface area contributed by atoms with Crippen molar-refractivity contribution in [3.05, 3.63) is 40.2 Å². The van der Waals surface area contributed by atoms with Gasteiger partial charge in [0, 0.05) is 25.5 Å². The molecule has 0 radical (unpaired) electrons.